The van der Waals surface area contributed by atoms with Gasteiger partial charge in [0, 0.05) is 4.90 Å². The minimum atomic E-state index is 0.840. The van der Waals surface area contributed by atoms with E-state index in [1.807, 2.05) is 11.8 Å². The molecule has 0 aromatic heterocycles. The molecule has 0 aliphatic carbocycles. The Bertz CT molecular complexity index is 305. The summed E-state index contributed by atoms with van der Waals surface area (Å²) in [6.45, 7) is 2.41. The van der Waals surface area contributed by atoms with Gasteiger partial charge < -0.3 is 5.32 Å². The van der Waals surface area contributed by atoms with Crippen molar-refractivity contribution in [3.63, 3.8) is 0 Å². The Morgan fingerprint density at radius 2 is 2.27 bits per heavy atom. The Morgan fingerprint density at radius 1 is 1.40 bits per heavy atom. The Kier molecular flexibility index (Phi) is 4.09. The van der Waals surface area contributed by atoms with Crippen LogP contribution in [0.5, 0.6) is 0 Å². The van der Waals surface area contributed by atoms with Crippen LogP contribution in [0.4, 0.5) is 0 Å². The van der Waals surface area contributed by atoms with Gasteiger partial charge in [-0.25, -0.2) is 0 Å². The number of rotatable bonds is 3. The molecule has 15 heavy (non-hydrogen) atoms. The molecule has 1 aliphatic heterocycles. The first-order chi connectivity index (χ1) is 7.40. The average molecular weight is 221 g/mol. The molecule has 1 aromatic rings. The fourth-order valence-corrected chi connectivity index (χ4v) is 2.91. The van der Waals surface area contributed by atoms with Crippen molar-refractivity contribution in [3.05, 3.63) is 29.8 Å². The maximum Gasteiger partial charge on any atom is 0.0101 e. The minimum Gasteiger partial charge on any atom is -0.316 e. The zero-order valence-corrected chi connectivity index (χ0v) is 10.1. The summed E-state index contributed by atoms with van der Waals surface area (Å²) in [4.78, 5) is 1.45. The lowest BCUT2D eigenvalue weighted by molar-refractivity contribution is 0.374. The first-order valence-corrected chi connectivity index (χ1v) is 6.95. The number of hydrogen-bond donors (Lipinski definition) is 1. The normalized spacial score (nSPS) is 21.5. The predicted molar refractivity (Wildman–Crippen MR) is 67.5 cm³/mol. The minimum absolute atomic E-state index is 0.840. The SMILES string of the molecule is CSc1ccccc1CC1CCCNC1. The maximum atomic E-state index is 3.49. The third-order valence-electron chi connectivity index (χ3n) is 3.10. The van der Waals surface area contributed by atoms with E-state index < -0.39 is 0 Å². The smallest absolute Gasteiger partial charge is 0.0101 e. The average Bonchev–Trinajstić information content (AvgIpc) is 2.31. The molecule has 1 heterocycles. The van der Waals surface area contributed by atoms with Crippen molar-refractivity contribution in [2.75, 3.05) is 19.3 Å². The number of nitrogens with one attached hydrogen (secondary N) is 1. The molecule has 2 rings (SSSR count). The molecule has 1 atom stereocenters. The van der Waals surface area contributed by atoms with Gasteiger partial charge >= 0.3 is 0 Å². The van der Waals surface area contributed by atoms with Gasteiger partial charge in [-0.2, -0.15) is 0 Å². The summed E-state index contributed by atoms with van der Waals surface area (Å²) in [5, 5.41) is 3.49. The third kappa shape index (κ3) is 2.99. The van der Waals surface area contributed by atoms with Crippen molar-refractivity contribution in [3.8, 4) is 0 Å². The molecule has 0 amide bonds. The van der Waals surface area contributed by atoms with E-state index in [2.05, 4.69) is 35.8 Å². The van der Waals surface area contributed by atoms with Crippen molar-refractivity contribution in [2.45, 2.75) is 24.2 Å². The lowest BCUT2D eigenvalue weighted by Crippen LogP contribution is -2.30. The van der Waals surface area contributed by atoms with E-state index in [4.69, 9.17) is 0 Å². The molecule has 0 spiro atoms. The number of piperidine rings is 1. The first-order valence-electron chi connectivity index (χ1n) is 5.73. The zero-order valence-electron chi connectivity index (χ0n) is 9.33. The van der Waals surface area contributed by atoms with E-state index in [9.17, 15) is 0 Å². The molecule has 1 N–H and O–H groups in total. The van der Waals surface area contributed by atoms with Crippen molar-refractivity contribution < 1.29 is 0 Å². The summed E-state index contributed by atoms with van der Waals surface area (Å²) in [6.07, 6.45) is 6.13. The van der Waals surface area contributed by atoms with Gasteiger partial charge in [0.05, 0.1) is 0 Å². The van der Waals surface area contributed by atoms with E-state index in [1.54, 1.807) is 0 Å². The lowest BCUT2D eigenvalue weighted by atomic mass is 9.92. The Morgan fingerprint density at radius 3 is 3.00 bits per heavy atom. The Hall–Kier alpha value is -0.470. The van der Waals surface area contributed by atoms with Gasteiger partial charge in [-0.1, -0.05) is 18.2 Å². The van der Waals surface area contributed by atoms with E-state index in [-0.39, 0.29) is 0 Å². The second kappa shape index (κ2) is 5.57. The van der Waals surface area contributed by atoms with Crippen LogP contribution in [0.25, 0.3) is 0 Å². The first kappa shape index (κ1) is 11.0. The van der Waals surface area contributed by atoms with Crippen molar-refractivity contribution in [1.82, 2.24) is 5.32 Å². The summed E-state index contributed by atoms with van der Waals surface area (Å²) in [6, 6.07) is 8.80. The monoisotopic (exact) mass is 221 g/mol. The fourth-order valence-electron chi connectivity index (χ4n) is 2.28. The highest BCUT2D eigenvalue weighted by molar-refractivity contribution is 7.98. The molecule has 0 radical (unpaired) electrons. The lowest BCUT2D eigenvalue weighted by Gasteiger charge is -2.23. The quantitative estimate of drug-likeness (QED) is 0.788. The maximum absolute atomic E-state index is 3.49. The van der Waals surface area contributed by atoms with Crippen LogP contribution in [-0.4, -0.2) is 19.3 Å². The van der Waals surface area contributed by atoms with Gasteiger partial charge in [0.1, 0.15) is 0 Å². The zero-order chi connectivity index (χ0) is 10.5. The molecule has 1 fully saturated rings. The van der Waals surface area contributed by atoms with Crippen molar-refractivity contribution in [2.24, 2.45) is 5.92 Å². The fraction of sp³-hybridized carbons (Fsp3) is 0.538. The van der Waals surface area contributed by atoms with Gasteiger partial charge in [0.2, 0.25) is 0 Å². The largest absolute Gasteiger partial charge is 0.316 e. The Labute approximate surface area is 96.7 Å². The third-order valence-corrected chi connectivity index (χ3v) is 3.94. The second-order valence-corrected chi connectivity index (χ2v) is 5.08. The van der Waals surface area contributed by atoms with Crippen LogP contribution in [0.15, 0.2) is 29.2 Å². The molecule has 0 bridgehead atoms. The summed E-state index contributed by atoms with van der Waals surface area (Å²) < 4.78 is 0. The molecule has 2 heteroatoms. The molecule has 1 nitrogen and oxygen atoms in total. The van der Waals surface area contributed by atoms with Crippen LogP contribution in [-0.2, 0) is 6.42 Å². The van der Waals surface area contributed by atoms with Crippen LogP contribution < -0.4 is 5.32 Å². The number of thioether (sulfide) groups is 1. The molecular formula is C13H19NS. The summed E-state index contributed by atoms with van der Waals surface area (Å²) in [5.41, 5.74) is 1.53. The Balaban J connectivity index is 2.02. The molecule has 1 aliphatic rings. The van der Waals surface area contributed by atoms with Gasteiger partial charge in [0.25, 0.3) is 0 Å². The van der Waals surface area contributed by atoms with Gasteiger partial charge in [-0.05, 0) is 56.2 Å². The highest BCUT2D eigenvalue weighted by Gasteiger charge is 2.14. The molecule has 1 aromatic carbocycles. The molecule has 1 saturated heterocycles. The standard InChI is InChI=1S/C13H19NS/c1-15-13-7-3-2-6-12(13)9-11-5-4-8-14-10-11/h2-3,6-7,11,14H,4-5,8-10H2,1H3. The van der Waals surface area contributed by atoms with Crippen LogP contribution in [0, 0.1) is 5.92 Å². The summed E-state index contributed by atoms with van der Waals surface area (Å²) in [7, 11) is 0. The molecular weight excluding hydrogens is 202 g/mol. The van der Waals surface area contributed by atoms with Crippen molar-refractivity contribution in [1.29, 1.82) is 0 Å². The molecule has 82 valence electrons. The van der Waals surface area contributed by atoms with E-state index >= 15 is 0 Å². The van der Waals surface area contributed by atoms with Gasteiger partial charge in [-0.15, -0.1) is 11.8 Å². The van der Waals surface area contributed by atoms with E-state index in [0.717, 1.165) is 5.92 Å². The van der Waals surface area contributed by atoms with Crippen LogP contribution in [0.3, 0.4) is 0 Å². The van der Waals surface area contributed by atoms with Crippen molar-refractivity contribution >= 4 is 11.8 Å². The number of benzene rings is 1. The predicted octanol–water partition coefficient (Wildman–Crippen LogP) is 2.95. The summed E-state index contributed by atoms with van der Waals surface area (Å²) >= 11 is 1.86. The summed E-state index contributed by atoms with van der Waals surface area (Å²) in [5.74, 6) is 0.840. The van der Waals surface area contributed by atoms with E-state index in [1.165, 1.54) is 42.8 Å². The highest BCUT2D eigenvalue weighted by Crippen LogP contribution is 2.24. The van der Waals surface area contributed by atoms with Crippen LogP contribution in [0.1, 0.15) is 18.4 Å². The molecule has 1 unspecified atom stereocenters. The van der Waals surface area contributed by atoms with E-state index in [0.29, 0.717) is 0 Å². The topological polar surface area (TPSA) is 12.0 Å². The van der Waals surface area contributed by atoms with Gasteiger partial charge in [-0.3, -0.25) is 0 Å². The van der Waals surface area contributed by atoms with Crippen LogP contribution >= 0.6 is 11.8 Å². The second-order valence-electron chi connectivity index (χ2n) is 4.23. The molecule has 0 saturated carbocycles. The number of hydrogen-bond acceptors (Lipinski definition) is 2. The van der Waals surface area contributed by atoms with Crippen LogP contribution in [0.2, 0.25) is 0 Å². The van der Waals surface area contributed by atoms with Gasteiger partial charge in [0.15, 0.2) is 0 Å². The highest BCUT2D eigenvalue weighted by atomic mass is 32.2.